The van der Waals surface area contributed by atoms with Crippen LogP contribution in [-0.2, 0) is 0 Å². The molecule has 25 heavy (non-hydrogen) atoms. The van der Waals surface area contributed by atoms with Gasteiger partial charge in [0.15, 0.2) is 0 Å². The average molecular weight is 338 g/mol. The predicted octanol–water partition coefficient (Wildman–Crippen LogP) is 2.96. The predicted molar refractivity (Wildman–Crippen MR) is 93.9 cm³/mol. The van der Waals surface area contributed by atoms with Gasteiger partial charge in [0, 0.05) is 13.1 Å². The minimum Gasteiger partial charge on any atom is -0.350 e. The van der Waals surface area contributed by atoms with Gasteiger partial charge in [0.25, 0.3) is 0 Å². The second-order valence-electron chi connectivity index (χ2n) is 6.42. The van der Waals surface area contributed by atoms with Crippen LogP contribution >= 0.6 is 0 Å². The SMILES string of the molecule is CC1CCCN(c2ncnc(-n3cnc4ccccc43)c2[N+](=O)[O-])C1. The normalized spacial score (nSPS) is 17.8. The van der Waals surface area contributed by atoms with Crippen molar-refractivity contribution in [3.05, 3.63) is 47.0 Å². The number of hydrogen-bond donors (Lipinski definition) is 0. The van der Waals surface area contributed by atoms with Gasteiger partial charge >= 0.3 is 5.69 Å². The summed E-state index contributed by atoms with van der Waals surface area (Å²) >= 11 is 0. The number of fused-ring (bicyclic) bond motifs is 1. The van der Waals surface area contributed by atoms with Crippen LogP contribution in [0.3, 0.4) is 0 Å². The van der Waals surface area contributed by atoms with Gasteiger partial charge in [-0.3, -0.25) is 14.7 Å². The van der Waals surface area contributed by atoms with Gasteiger partial charge in [0.2, 0.25) is 11.6 Å². The third-order valence-electron chi connectivity index (χ3n) is 4.60. The fraction of sp³-hybridized carbons (Fsp3) is 0.353. The van der Waals surface area contributed by atoms with Crippen LogP contribution in [0.25, 0.3) is 16.9 Å². The summed E-state index contributed by atoms with van der Waals surface area (Å²) in [5.41, 5.74) is 1.48. The average Bonchev–Trinajstić information content (AvgIpc) is 3.05. The highest BCUT2D eigenvalue weighted by molar-refractivity contribution is 5.79. The Bertz CT molecular complexity index is 938. The van der Waals surface area contributed by atoms with E-state index in [4.69, 9.17) is 0 Å². The molecule has 0 radical (unpaired) electrons. The Morgan fingerprint density at radius 2 is 2.00 bits per heavy atom. The van der Waals surface area contributed by atoms with Gasteiger partial charge in [0.1, 0.15) is 12.7 Å². The Kier molecular flexibility index (Phi) is 3.79. The van der Waals surface area contributed by atoms with E-state index in [-0.39, 0.29) is 11.5 Å². The number of aromatic nitrogens is 4. The minimum absolute atomic E-state index is 0.0697. The third kappa shape index (κ3) is 2.69. The maximum Gasteiger partial charge on any atom is 0.354 e. The second-order valence-corrected chi connectivity index (χ2v) is 6.42. The molecule has 8 heteroatoms. The molecule has 0 N–H and O–H groups in total. The van der Waals surface area contributed by atoms with E-state index in [1.54, 1.807) is 10.9 Å². The number of piperidine rings is 1. The van der Waals surface area contributed by atoms with Gasteiger partial charge < -0.3 is 4.90 Å². The third-order valence-corrected chi connectivity index (χ3v) is 4.60. The molecule has 4 rings (SSSR count). The zero-order valence-electron chi connectivity index (χ0n) is 13.9. The first-order chi connectivity index (χ1) is 12.1. The topological polar surface area (TPSA) is 90.0 Å². The van der Waals surface area contributed by atoms with Crippen molar-refractivity contribution in [3.8, 4) is 5.82 Å². The standard InChI is InChI=1S/C17H18N6O2/c1-12-5-4-8-21(9-12)16-15(23(24)25)17(19-10-18-16)22-11-20-13-6-2-3-7-14(13)22/h2-3,6-7,10-12H,4-5,8-9H2,1H3. The van der Waals surface area contributed by atoms with Crippen molar-refractivity contribution in [2.75, 3.05) is 18.0 Å². The molecule has 0 bridgehead atoms. The summed E-state index contributed by atoms with van der Waals surface area (Å²) in [6.07, 6.45) is 5.11. The van der Waals surface area contributed by atoms with Gasteiger partial charge in [-0.05, 0) is 30.9 Å². The Balaban J connectivity index is 1.88. The Morgan fingerprint density at radius 1 is 1.20 bits per heavy atom. The molecule has 1 aliphatic heterocycles. The quantitative estimate of drug-likeness (QED) is 0.539. The Hall–Kier alpha value is -3.03. The van der Waals surface area contributed by atoms with E-state index in [1.165, 1.54) is 6.33 Å². The van der Waals surface area contributed by atoms with Crippen LogP contribution in [0.15, 0.2) is 36.9 Å². The molecule has 2 aromatic heterocycles. The molecule has 0 saturated carbocycles. The van der Waals surface area contributed by atoms with E-state index in [2.05, 4.69) is 21.9 Å². The highest BCUT2D eigenvalue weighted by Gasteiger charge is 2.30. The van der Waals surface area contributed by atoms with Crippen molar-refractivity contribution in [2.45, 2.75) is 19.8 Å². The van der Waals surface area contributed by atoms with Crippen molar-refractivity contribution < 1.29 is 4.92 Å². The minimum atomic E-state index is -0.390. The first-order valence-corrected chi connectivity index (χ1v) is 8.32. The van der Waals surface area contributed by atoms with Gasteiger partial charge in [-0.2, -0.15) is 0 Å². The number of benzene rings is 1. The summed E-state index contributed by atoms with van der Waals surface area (Å²) in [4.78, 5) is 26.2. The number of nitrogens with zero attached hydrogens (tertiary/aromatic N) is 6. The molecule has 3 aromatic rings. The van der Waals surface area contributed by atoms with E-state index in [0.717, 1.165) is 37.0 Å². The maximum atomic E-state index is 11.9. The summed E-state index contributed by atoms with van der Waals surface area (Å²) in [7, 11) is 0. The number of imidazole rings is 1. The number of rotatable bonds is 3. The monoisotopic (exact) mass is 338 g/mol. The number of anilines is 1. The van der Waals surface area contributed by atoms with Crippen molar-refractivity contribution in [3.63, 3.8) is 0 Å². The lowest BCUT2D eigenvalue weighted by atomic mass is 10.0. The molecule has 1 saturated heterocycles. The van der Waals surface area contributed by atoms with Crippen molar-refractivity contribution >= 4 is 22.5 Å². The smallest absolute Gasteiger partial charge is 0.350 e. The fourth-order valence-corrected chi connectivity index (χ4v) is 3.44. The van der Waals surface area contributed by atoms with E-state index < -0.39 is 4.92 Å². The summed E-state index contributed by atoms with van der Waals surface area (Å²) in [6.45, 7) is 3.69. The Labute approximate surface area is 144 Å². The fourth-order valence-electron chi connectivity index (χ4n) is 3.44. The lowest BCUT2D eigenvalue weighted by Crippen LogP contribution is -2.35. The lowest BCUT2D eigenvalue weighted by molar-refractivity contribution is -0.384. The zero-order chi connectivity index (χ0) is 17.4. The van der Waals surface area contributed by atoms with Gasteiger partial charge in [0.05, 0.1) is 16.0 Å². The second kappa shape index (κ2) is 6.12. The zero-order valence-corrected chi connectivity index (χ0v) is 13.9. The van der Waals surface area contributed by atoms with Crippen LogP contribution in [0, 0.1) is 16.0 Å². The molecule has 0 aliphatic carbocycles. The van der Waals surface area contributed by atoms with E-state index in [9.17, 15) is 10.1 Å². The van der Waals surface area contributed by atoms with Gasteiger partial charge in [-0.25, -0.2) is 15.0 Å². The molecule has 128 valence electrons. The molecular formula is C17H18N6O2. The van der Waals surface area contributed by atoms with Crippen LogP contribution in [0.1, 0.15) is 19.8 Å². The summed E-state index contributed by atoms with van der Waals surface area (Å²) in [5, 5.41) is 11.9. The van der Waals surface area contributed by atoms with Crippen LogP contribution < -0.4 is 4.90 Å². The highest BCUT2D eigenvalue weighted by Crippen LogP contribution is 2.34. The molecule has 1 atom stereocenters. The number of para-hydroxylation sites is 2. The van der Waals surface area contributed by atoms with E-state index in [1.807, 2.05) is 29.2 Å². The number of nitro groups is 1. The van der Waals surface area contributed by atoms with Gasteiger partial charge in [-0.15, -0.1) is 0 Å². The molecule has 0 spiro atoms. The van der Waals surface area contributed by atoms with Crippen molar-refractivity contribution in [2.24, 2.45) is 5.92 Å². The van der Waals surface area contributed by atoms with Crippen molar-refractivity contribution in [1.29, 1.82) is 0 Å². The largest absolute Gasteiger partial charge is 0.354 e. The first kappa shape index (κ1) is 15.5. The molecule has 8 nitrogen and oxygen atoms in total. The summed E-state index contributed by atoms with van der Waals surface area (Å²) in [5.74, 6) is 1.13. The van der Waals surface area contributed by atoms with Crippen LogP contribution in [-0.4, -0.2) is 37.5 Å². The molecule has 1 aromatic carbocycles. The van der Waals surface area contributed by atoms with Crippen LogP contribution in [0.5, 0.6) is 0 Å². The molecular weight excluding hydrogens is 320 g/mol. The van der Waals surface area contributed by atoms with E-state index in [0.29, 0.717) is 11.7 Å². The molecule has 1 fully saturated rings. The summed E-state index contributed by atoms with van der Waals surface area (Å²) < 4.78 is 1.66. The van der Waals surface area contributed by atoms with Crippen molar-refractivity contribution in [1.82, 2.24) is 19.5 Å². The highest BCUT2D eigenvalue weighted by atomic mass is 16.6. The molecule has 1 unspecified atom stereocenters. The molecule has 3 heterocycles. The van der Waals surface area contributed by atoms with Crippen LogP contribution in [0.2, 0.25) is 0 Å². The number of hydrogen-bond acceptors (Lipinski definition) is 6. The molecule has 0 amide bonds. The van der Waals surface area contributed by atoms with Gasteiger partial charge in [-0.1, -0.05) is 19.1 Å². The van der Waals surface area contributed by atoms with Crippen LogP contribution in [0.4, 0.5) is 11.5 Å². The van der Waals surface area contributed by atoms with E-state index >= 15 is 0 Å². The summed E-state index contributed by atoms with van der Waals surface area (Å²) in [6, 6.07) is 7.50. The first-order valence-electron chi connectivity index (χ1n) is 8.32. The maximum absolute atomic E-state index is 11.9. The molecule has 1 aliphatic rings. The Morgan fingerprint density at radius 3 is 2.80 bits per heavy atom. The lowest BCUT2D eigenvalue weighted by Gasteiger charge is -2.31.